The highest BCUT2D eigenvalue weighted by molar-refractivity contribution is 5.80. The smallest absolute Gasteiger partial charge is 0.236 e. The van der Waals surface area contributed by atoms with Gasteiger partial charge in [-0.1, -0.05) is 6.07 Å². The van der Waals surface area contributed by atoms with Crippen LogP contribution in [0.1, 0.15) is 12.6 Å². The number of rotatable bonds is 5. The Hall–Kier alpha value is -1.42. The molecule has 1 rings (SSSR count). The minimum atomic E-state index is -0.154. The van der Waals surface area contributed by atoms with Gasteiger partial charge in [0.15, 0.2) is 0 Å². The van der Waals surface area contributed by atoms with Gasteiger partial charge in [0.1, 0.15) is 0 Å². The molecule has 1 aromatic heterocycles. The molecular formula is C11H17N3O. The Kier molecular flexibility index (Phi) is 4.77. The highest BCUT2D eigenvalue weighted by atomic mass is 16.2. The molecule has 0 aliphatic heterocycles. The van der Waals surface area contributed by atoms with Crippen LogP contribution in [0.5, 0.6) is 0 Å². The molecule has 0 radical (unpaired) electrons. The van der Waals surface area contributed by atoms with Gasteiger partial charge in [-0.3, -0.25) is 9.78 Å². The van der Waals surface area contributed by atoms with Crippen LogP contribution in [0.2, 0.25) is 0 Å². The molecule has 0 aliphatic carbocycles. The molecule has 0 aliphatic rings. The van der Waals surface area contributed by atoms with E-state index in [9.17, 15) is 4.79 Å². The van der Waals surface area contributed by atoms with E-state index in [1.807, 2.05) is 25.1 Å². The standard InChI is InChI=1S/C11H17N3O/c1-9(11(15)12-2)13-8-6-10-5-3-4-7-14-10/h3-5,7,9,13H,6,8H2,1-2H3,(H,12,15). The normalized spacial score (nSPS) is 12.1. The molecule has 0 saturated carbocycles. The van der Waals surface area contributed by atoms with Gasteiger partial charge < -0.3 is 10.6 Å². The molecule has 15 heavy (non-hydrogen) atoms. The summed E-state index contributed by atoms with van der Waals surface area (Å²) in [4.78, 5) is 15.4. The van der Waals surface area contributed by atoms with Crippen molar-refractivity contribution in [1.82, 2.24) is 15.6 Å². The molecule has 2 N–H and O–H groups in total. The van der Waals surface area contributed by atoms with E-state index in [0.29, 0.717) is 0 Å². The predicted molar refractivity (Wildman–Crippen MR) is 59.5 cm³/mol. The van der Waals surface area contributed by atoms with Gasteiger partial charge in [0, 0.05) is 31.9 Å². The van der Waals surface area contributed by atoms with Gasteiger partial charge in [-0.05, 0) is 19.1 Å². The van der Waals surface area contributed by atoms with Crippen molar-refractivity contribution >= 4 is 5.91 Å². The lowest BCUT2D eigenvalue weighted by Crippen LogP contribution is -2.41. The Morgan fingerprint density at radius 3 is 2.93 bits per heavy atom. The largest absolute Gasteiger partial charge is 0.358 e. The van der Waals surface area contributed by atoms with Crippen LogP contribution in [0.15, 0.2) is 24.4 Å². The van der Waals surface area contributed by atoms with Crippen LogP contribution in [0.4, 0.5) is 0 Å². The fourth-order valence-corrected chi connectivity index (χ4v) is 1.27. The number of pyridine rings is 1. The third-order valence-electron chi connectivity index (χ3n) is 2.20. The van der Waals surface area contributed by atoms with Gasteiger partial charge in [0.2, 0.25) is 5.91 Å². The van der Waals surface area contributed by atoms with Crippen LogP contribution < -0.4 is 10.6 Å². The lowest BCUT2D eigenvalue weighted by atomic mass is 10.2. The van der Waals surface area contributed by atoms with E-state index in [-0.39, 0.29) is 11.9 Å². The topological polar surface area (TPSA) is 54.0 Å². The zero-order valence-corrected chi connectivity index (χ0v) is 9.16. The second kappa shape index (κ2) is 6.14. The molecule has 1 atom stereocenters. The molecule has 1 amide bonds. The zero-order valence-electron chi connectivity index (χ0n) is 9.16. The number of amides is 1. The van der Waals surface area contributed by atoms with Crippen molar-refractivity contribution in [1.29, 1.82) is 0 Å². The first kappa shape index (κ1) is 11.7. The number of nitrogens with one attached hydrogen (secondary N) is 2. The van der Waals surface area contributed by atoms with Gasteiger partial charge in [-0.25, -0.2) is 0 Å². The zero-order chi connectivity index (χ0) is 11.1. The molecule has 1 unspecified atom stereocenters. The summed E-state index contributed by atoms with van der Waals surface area (Å²) < 4.78 is 0. The Labute approximate surface area is 90.1 Å². The van der Waals surface area contributed by atoms with Crippen molar-refractivity contribution in [3.8, 4) is 0 Å². The number of aromatic nitrogens is 1. The maximum absolute atomic E-state index is 11.2. The Morgan fingerprint density at radius 1 is 1.53 bits per heavy atom. The van der Waals surface area contributed by atoms with Gasteiger partial charge in [0.05, 0.1) is 6.04 Å². The molecule has 82 valence electrons. The Balaban J connectivity index is 2.25. The molecular weight excluding hydrogens is 190 g/mol. The number of hydrogen-bond donors (Lipinski definition) is 2. The summed E-state index contributed by atoms with van der Waals surface area (Å²) in [7, 11) is 1.64. The van der Waals surface area contributed by atoms with Crippen molar-refractivity contribution in [3.63, 3.8) is 0 Å². The predicted octanol–water partition coefficient (Wildman–Crippen LogP) is 0.348. The van der Waals surface area contributed by atoms with E-state index >= 15 is 0 Å². The minimum absolute atomic E-state index is 0.0102. The lowest BCUT2D eigenvalue weighted by molar-refractivity contribution is -0.122. The molecule has 1 heterocycles. The van der Waals surface area contributed by atoms with Crippen molar-refractivity contribution in [2.24, 2.45) is 0 Å². The third kappa shape index (κ3) is 4.08. The summed E-state index contributed by atoms with van der Waals surface area (Å²) in [5.74, 6) is 0.0102. The molecule has 4 heteroatoms. The van der Waals surface area contributed by atoms with Crippen LogP contribution in [0.3, 0.4) is 0 Å². The third-order valence-corrected chi connectivity index (χ3v) is 2.20. The van der Waals surface area contributed by atoms with E-state index in [0.717, 1.165) is 18.7 Å². The SMILES string of the molecule is CNC(=O)C(C)NCCc1ccccn1. The van der Waals surface area contributed by atoms with Crippen molar-refractivity contribution in [2.45, 2.75) is 19.4 Å². The molecule has 0 aromatic carbocycles. The summed E-state index contributed by atoms with van der Waals surface area (Å²) in [6, 6.07) is 5.68. The Bertz CT molecular complexity index is 300. The monoisotopic (exact) mass is 207 g/mol. The minimum Gasteiger partial charge on any atom is -0.358 e. The first-order chi connectivity index (χ1) is 7.24. The number of carbonyl (C=O) groups is 1. The van der Waals surface area contributed by atoms with Crippen LogP contribution in [-0.4, -0.2) is 30.5 Å². The maximum Gasteiger partial charge on any atom is 0.236 e. The van der Waals surface area contributed by atoms with E-state index in [4.69, 9.17) is 0 Å². The van der Waals surface area contributed by atoms with Gasteiger partial charge in [-0.2, -0.15) is 0 Å². The first-order valence-electron chi connectivity index (χ1n) is 5.09. The molecule has 4 nitrogen and oxygen atoms in total. The molecule has 0 spiro atoms. The maximum atomic E-state index is 11.2. The molecule has 0 saturated heterocycles. The van der Waals surface area contributed by atoms with E-state index in [1.165, 1.54) is 0 Å². The lowest BCUT2D eigenvalue weighted by Gasteiger charge is -2.11. The average Bonchev–Trinajstić information content (AvgIpc) is 2.29. The first-order valence-corrected chi connectivity index (χ1v) is 5.09. The summed E-state index contributed by atoms with van der Waals surface area (Å²) in [5.41, 5.74) is 1.04. The Morgan fingerprint density at radius 2 is 2.33 bits per heavy atom. The fraction of sp³-hybridized carbons (Fsp3) is 0.455. The van der Waals surface area contributed by atoms with Crippen LogP contribution in [0.25, 0.3) is 0 Å². The van der Waals surface area contributed by atoms with E-state index in [1.54, 1.807) is 13.2 Å². The summed E-state index contributed by atoms with van der Waals surface area (Å²) in [6.07, 6.45) is 2.61. The molecule has 0 bridgehead atoms. The summed E-state index contributed by atoms with van der Waals surface area (Å²) in [6.45, 7) is 2.60. The number of nitrogens with zero attached hydrogens (tertiary/aromatic N) is 1. The number of likely N-dealkylation sites (N-methyl/N-ethyl adjacent to an activating group) is 1. The summed E-state index contributed by atoms with van der Waals surface area (Å²) >= 11 is 0. The summed E-state index contributed by atoms with van der Waals surface area (Å²) in [5, 5.41) is 5.73. The second-order valence-electron chi connectivity index (χ2n) is 3.36. The van der Waals surface area contributed by atoms with E-state index < -0.39 is 0 Å². The van der Waals surface area contributed by atoms with Gasteiger partial charge >= 0.3 is 0 Å². The van der Waals surface area contributed by atoms with Gasteiger partial charge in [0.25, 0.3) is 0 Å². The highest BCUT2D eigenvalue weighted by Gasteiger charge is 2.08. The highest BCUT2D eigenvalue weighted by Crippen LogP contribution is 1.93. The van der Waals surface area contributed by atoms with Crippen LogP contribution in [-0.2, 0) is 11.2 Å². The number of carbonyl (C=O) groups excluding carboxylic acids is 1. The van der Waals surface area contributed by atoms with Crippen LogP contribution in [0, 0.1) is 0 Å². The van der Waals surface area contributed by atoms with Gasteiger partial charge in [-0.15, -0.1) is 0 Å². The van der Waals surface area contributed by atoms with Crippen LogP contribution >= 0.6 is 0 Å². The van der Waals surface area contributed by atoms with Crippen molar-refractivity contribution in [3.05, 3.63) is 30.1 Å². The fourth-order valence-electron chi connectivity index (χ4n) is 1.27. The quantitative estimate of drug-likeness (QED) is 0.732. The second-order valence-corrected chi connectivity index (χ2v) is 3.36. The van der Waals surface area contributed by atoms with Crippen molar-refractivity contribution in [2.75, 3.05) is 13.6 Å². The molecule has 0 fully saturated rings. The average molecular weight is 207 g/mol. The van der Waals surface area contributed by atoms with Crippen molar-refractivity contribution < 1.29 is 4.79 Å². The number of hydrogen-bond acceptors (Lipinski definition) is 3. The van der Waals surface area contributed by atoms with E-state index in [2.05, 4.69) is 15.6 Å². The molecule has 1 aromatic rings.